The standard InChI is InChI=1S/C15H22N4O2/c1-18-9-11(8-17-18)3-2-6-16-15(21)12-7-14(20)19(10-12)13-4-5-13/h8-9,12-13H,2-7,10H2,1H3,(H,16,21)/t12-/m1/s1. The maximum atomic E-state index is 12.1. The molecule has 1 aliphatic heterocycles. The van der Waals surface area contributed by atoms with Crippen LogP contribution in [0.2, 0.25) is 0 Å². The molecule has 2 amide bonds. The summed E-state index contributed by atoms with van der Waals surface area (Å²) in [6.45, 7) is 1.26. The first kappa shape index (κ1) is 14.1. The number of likely N-dealkylation sites (tertiary alicyclic amines) is 1. The van der Waals surface area contributed by atoms with Crippen molar-refractivity contribution in [1.82, 2.24) is 20.0 Å². The summed E-state index contributed by atoms with van der Waals surface area (Å²) < 4.78 is 1.78. The minimum absolute atomic E-state index is 0.0256. The molecule has 6 nitrogen and oxygen atoms in total. The SMILES string of the molecule is Cn1cc(CCCNC(=O)[C@@H]2CC(=O)N(C3CC3)C2)cn1. The van der Waals surface area contributed by atoms with E-state index < -0.39 is 0 Å². The number of hydrogen-bond acceptors (Lipinski definition) is 3. The van der Waals surface area contributed by atoms with E-state index in [2.05, 4.69) is 10.4 Å². The van der Waals surface area contributed by atoms with Gasteiger partial charge in [-0.05, 0) is 31.2 Å². The first-order valence-electron chi connectivity index (χ1n) is 7.68. The fourth-order valence-electron chi connectivity index (χ4n) is 2.90. The van der Waals surface area contributed by atoms with Crippen LogP contribution in [0.3, 0.4) is 0 Å². The lowest BCUT2D eigenvalue weighted by molar-refractivity contribution is -0.129. The van der Waals surface area contributed by atoms with Crippen molar-refractivity contribution in [3.8, 4) is 0 Å². The van der Waals surface area contributed by atoms with Crippen LogP contribution in [0.5, 0.6) is 0 Å². The molecule has 0 unspecified atom stereocenters. The number of carbonyl (C=O) groups is 2. The molecule has 1 aliphatic carbocycles. The summed E-state index contributed by atoms with van der Waals surface area (Å²) in [6.07, 6.45) is 8.23. The molecule has 1 saturated carbocycles. The third-order valence-corrected chi connectivity index (χ3v) is 4.22. The molecule has 0 aromatic carbocycles. The highest BCUT2D eigenvalue weighted by molar-refractivity contribution is 5.89. The Kier molecular flexibility index (Phi) is 3.94. The molecule has 0 bridgehead atoms. The van der Waals surface area contributed by atoms with E-state index in [0.29, 0.717) is 25.6 Å². The minimum Gasteiger partial charge on any atom is -0.356 e. The summed E-state index contributed by atoms with van der Waals surface area (Å²) in [6, 6.07) is 0.417. The van der Waals surface area contributed by atoms with Crippen LogP contribution in [-0.4, -0.2) is 45.6 Å². The number of carbonyl (C=O) groups excluding carboxylic acids is 2. The van der Waals surface area contributed by atoms with Gasteiger partial charge in [-0.3, -0.25) is 14.3 Å². The maximum Gasteiger partial charge on any atom is 0.225 e. The van der Waals surface area contributed by atoms with E-state index in [-0.39, 0.29) is 17.7 Å². The molecule has 2 aliphatic rings. The van der Waals surface area contributed by atoms with Gasteiger partial charge in [-0.25, -0.2) is 0 Å². The van der Waals surface area contributed by atoms with Crippen LogP contribution in [0.25, 0.3) is 0 Å². The van der Waals surface area contributed by atoms with Gasteiger partial charge in [0.25, 0.3) is 0 Å². The second-order valence-electron chi connectivity index (χ2n) is 6.10. The fraction of sp³-hybridized carbons (Fsp3) is 0.667. The van der Waals surface area contributed by atoms with Crippen molar-refractivity contribution in [2.24, 2.45) is 13.0 Å². The number of aromatic nitrogens is 2. The first-order chi connectivity index (χ1) is 10.1. The fourth-order valence-corrected chi connectivity index (χ4v) is 2.90. The van der Waals surface area contributed by atoms with Gasteiger partial charge in [0.05, 0.1) is 12.1 Å². The van der Waals surface area contributed by atoms with E-state index in [1.807, 2.05) is 24.3 Å². The maximum absolute atomic E-state index is 12.1. The predicted molar refractivity (Wildman–Crippen MR) is 77.4 cm³/mol. The Hall–Kier alpha value is -1.85. The van der Waals surface area contributed by atoms with Gasteiger partial charge in [0.2, 0.25) is 11.8 Å². The Labute approximate surface area is 124 Å². The van der Waals surface area contributed by atoms with Crippen LogP contribution in [-0.2, 0) is 23.1 Å². The molecule has 1 atom stereocenters. The largest absolute Gasteiger partial charge is 0.356 e. The van der Waals surface area contributed by atoms with Gasteiger partial charge >= 0.3 is 0 Å². The highest BCUT2D eigenvalue weighted by Crippen LogP contribution is 2.32. The minimum atomic E-state index is -0.156. The molecular formula is C15H22N4O2. The van der Waals surface area contributed by atoms with E-state index in [9.17, 15) is 9.59 Å². The topological polar surface area (TPSA) is 67.2 Å². The summed E-state index contributed by atoms with van der Waals surface area (Å²) >= 11 is 0. The van der Waals surface area contributed by atoms with Crippen molar-refractivity contribution < 1.29 is 9.59 Å². The van der Waals surface area contributed by atoms with Crippen molar-refractivity contribution in [3.63, 3.8) is 0 Å². The second-order valence-corrected chi connectivity index (χ2v) is 6.10. The average Bonchev–Trinajstić information content (AvgIpc) is 3.10. The number of nitrogens with one attached hydrogen (secondary N) is 1. The lowest BCUT2D eigenvalue weighted by atomic mass is 10.1. The van der Waals surface area contributed by atoms with Gasteiger partial charge in [-0.2, -0.15) is 5.10 Å². The molecule has 1 N–H and O–H groups in total. The van der Waals surface area contributed by atoms with Crippen molar-refractivity contribution in [1.29, 1.82) is 0 Å². The lowest BCUT2D eigenvalue weighted by Crippen LogP contribution is -2.34. The van der Waals surface area contributed by atoms with E-state index in [4.69, 9.17) is 0 Å². The molecule has 1 saturated heterocycles. The zero-order valence-electron chi connectivity index (χ0n) is 12.4. The highest BCUT2D eigenvalue weighted by atomic mass is 16.2. The van der Waals surface area contributed by atoms with Gasteiger partial charge in [0.15, 0.2) is 0 Å². The van der Waals surface area contributed by atoms with Crippen LogP contribution >= 0.6 is 0 Å². The molecule has 0 radical (unpaired) electrons. The number of hydrogen-bond donors (Lipinski definition) is 1. The third kappa shape index (κ3) is 3.43. The number of rotatable bonds is 6. The predicted octanol–water partition coefficient (Wildman–Crippen LogP) is 0.480. The quantitative estimate of drug-likeness (QED) is 0.775. The van der Waals surface area contributed by atoms with Crippen LogP contribution in [0.4, 0.5) is 0 Å². The lowest BCUT2D eigenvalue weighted by Gasteiger charge is -2.15. The Bertz CT molecular complexity index is 536. The molecule has 2 fully saturated rings. The van der Waals surface area contributed by atoms with Gasteiger partial charge in [0, 0.05) is 38.8 Å². The molecule has 6 heteroatoms. The zero-order chi connectivity index (χ0) is 14.8. The van der Waals surface area contributed by atoms with Crippen molar-refractivity contribution in [2.75, 3.05) is 13.1 Å². The van der Waals surface area contributed by atoms with E-state index in [1.54, 1.807) is 4.68 Å². The van der Waals surface area contributed by atoms with Crippen LogP contribution < -0.4 is 5.32 Å². The molecule has 1 aromatic rings. The smallest absolute Gasteiger partial charge is 0.225 e. The molecule has 0 spiro atoms. The number of aryl methyl sites for hydroxylation is 2. The van der Waals surface area contributed by atoms with Crippen molar-refractivity contribution in [3.05, 3.63) is 18.0 Å². The molecule has 114 valence electrons. The van der Waals surface area contributed by atoms with Crippen LogP contribution in [0.1, 0.15) is 31.2 Å². The molecular weight excluding hydrogens is 268 g/mol. The first-order valence-corrected chi connectivity index (χ1v) is 7.68. The molecule has 3 rings (SSSR count). The van der Waals surface area contributed by atoms with E-state index >= 15 is 0 Å². The summed E-state index contributed by atoms with van der Waals surface area (Å²) in [7, 11) is 1.90. The molecule has 1 aromatic heterocycles. The highest BCUT2D eigenvalue weighted by Gasteiger charge is 2.41. The second kappa shape index (κ2) is 5.87. The summed E-state index contributed by atoms with van der Waals surface area (Å²) in [5.41, 5.74) is 1.18. The van der Waals surface area contributed by atoms with Crippen molar-refractivity contribution >= 4 is 11.8 Å². The molecule has 2 heterocycles. The third-order valence-electron chi connectivity index (χ3n) is 4.22. The van der Waals surface area contributed by atoms with Gasteiger partial charge < -0.3 is 10.2 Å². The van der Waals surface area contributed by atoms with Gasteiger partial charge in [-0.15, -0.1) is 0 Å². The Balaban J connectivity index is 1.37. The Morgan fingerprint density at radius 2 is 2.29 bits per heavy atom. The van der Waals surface area contributed by atoms with Crippen LogP contribution in [0, 0.1) is 5.92 Å². The summed E-state index contributed by atoms with van der Waals surface area (Å²) in [5, 5.41) is 7.08. The monoisotopic (exact) mass is 290 g/mol. The van der Waals surface area contributed by atoms with Crippen LogP contribution in [0.15, 0.2) is 12.4 Å². The van der Waals surface area contributed by atoms with Crippen molar-refractivity contribution in [2.45, 2.75) is 38.1 Å². The van der Waals surface area contributed by atoms with E-state index in [0.717, 1.165) is 25.7 Å². The number of nitrogens with zero attached hydrogens (tertiary/aromatic N) is 3. The Morgan fingerprint density at radius 1 is 1.48 bits per heavy atom. The summed E-state index contributed by atoms with van der Waals surface area (Å²) in [4.78, 5) is 25.8. The normalized spacial score (nSPS) is 21.9. The van der Waals surface area contributed by atoms with Gasteiger partial charge in [-0.1, -0.05) is 0 Å². The van der Waals surface area contributed by atoms with E-state index in [1.165, 1.54) is 5.56 Å². The summed E-state index contributed by atoms with van der Waals surface area (Å²) in [5.74, 6) is 0.0159. The average molecular weight is 290 g/mol. The zero-order valence-corrected chi connectivity index (χ0v) is 12.4. The molecule has 21 heavy (non-hydrogen) atoms. The number of amides is 2. The van der Waals surface area contributed by atoms with Gasteiger partial charge in [0.1, 0.15) is 0 Å². The Morgan fingerprint density at radius 3 is 2.95 bits per heavy atom.